The van der Waals surface area contributed by atoms with E-state index in [0.29, 0.717) is 11.8 Å². The number of rotatable bonds is 4. The summed E-state index contributed by atoms with van der Waals surface area (Å²) < 4.78 is 0. The van der Waals surface area contributed by atoms with Crippen molar-refractivity contribution in [3.05, 3.63) is 157 Å². The molecule has 0 aliphatic heterocycles. The van der Waals surface area contributed by atoms with Crippen LogP contribution in [0.4, 0.5) is 0 Å². The zero-order valence-electron chi connectivity index (χ0n) is 29.8. The van der Waals surface area contributed by atoms with Gasteiger partial charge in [0.05, 0.1) is 0 Å². The van der Waals surface area contributed by atoms with E-state index < -0.39 is 0 Å². The van der Waals surface area contributed by atoms with E-state index in [9.17, 15) is 0 Å². The first-order valence-corrected chi connectivity index (χ1v) is 18.8. The maximum Gasteiger partial charge on any atom is 4.00 e. The Balaban J connectivity index is 0.000000238. The van der Waals surface area contributed by atoms with Gasteiger partial charge in [0.1, 0.15) is 0 Å². The predicted octanol–water partition coefficient (Wildman–Crippen LogP) is 7.80. The first-order valence-electron chi connectivity index (χ1n) is 16.8. The Kier molecular flexibility index (Phi) is 15.5. The van der Waals surface area contributed by atoms with Crippen molar-refractivity contribution < 1.29 is 51.0 Å². The molecule has 0 aliphatic rings. The molecule has 8 aromatic carbocycles. The van der Waals surface area contributed by atoms with Crippen LogP contribution in [0.15, 0.2) is 146 Å². The Morgan fingerprint density at radius 3 is 1.08 bits per heavy atom. The van der Waals surface area contributed by atoms with E-state index in [1.54, 1.807) is 0 Å². The summed E-state index contributed by atoms with van der Waals surface area (Å²) in [5, 5.41) is 10.7. The van der Waals surface area contributed by atoms with Crippen LogP contribution in [0.2, 0.25) is 13.1 Å². The van der Waals surface area contributed by atoms with Gasteiger partial charge in [-0.05, 0) is 33.4 Å². The molecule has 0 saturated heterocycles. The average Bonchev–Trinajstić information content (AvgIpc) is 3.68. The molecule has 0 bridgehead atoms. The topological polar surface area (TPSA) is 0 Å². The fourth-order valence-electron chi connectivity index (χ4n) is 6.89. The maximum absolute atomic E-state index is 2.36. The van der Waals surface area contributed by atoms with E-state index in [4.69, 9.17) is 0 Å². The summed E-state index contributed by atoms with van der Waals surface area (Å²) in [6.45, 7) is 13.4. The summed E-state index contributed by atoms with van der Waals surface area (Å²) in [5.74, 6) is 1.03. The SMILES string of the molecule is CC(C)c1[cH-]c2ccccc2c1-c1cccc2ccccc12.CC(C)c1[cH-]c2ccccc2c1-c1cccc2ccccc12.C[Si]C.[Cl-].[Cl-].[Zr+4]. The number of fused-ring (bicyclic) bond motifs is 4. The molecule has 0 saturated carbocycles. The normalized spacial score (nSPS) is 10.6. The largest absolute Gasteiger partial charge is 4.00 e. The second-order valence-electron chi connectivity index (χ2n) is 13.0. The van der Waals surface area contributed by atoms with E-state index in [1.807, 2.05) is 0 Å². The molecule has 0 unspecified atom stereocenters. The number of hydrogen-bond donors (Lipinski definition) is 0. The molecular weight excluding hydrogens is 743 g/mol. The Morgan fingerprint density at radius 1 is 0.420 bits per heavy atom. The summed E-state index contributed by atoms with van der Waals surface area (Å²) in [7, 11) is 1.08. The third-order valence-corrected chi connectivity index (χ3v) is 9.02. The molecular formula is C46H44Cl2SiZr. The molecule has 50 heavy (non-hydrogen) atoms. The van der Waals surface area contributed by atoms with Crippen LogP contribution in [0.5, 0.6) is 0 Å². The Hall–Kier alpha value is -3.26. The summed E-state index contributed by atoms with van der Waals surface area (Å²) in [6.07, 6.45) is 0. The van der Waals surface area contributed by atoms with Crippen molar-refractivity contribution in [2.75, 3.05) is 0 Å². The number of benzene rings is 6. The van der Waals surface area contributed by atoms with E-state index >= 15 is 0 Å². The maximum atomic E-state index is 2.36. The molecule has 0 spiro atoms. The molecule has 0 aliphatic carbocycles. The van der Waals surface area contributed by atoms with Gasteiger partial charge in [0.15, 0.2) is 0 Å². The van der Waals surface area contributed by atoms with Gasteiger partial charge in [0, 0.05) is 9.52 Å². The fraction of sp³-hybridized carbons (Fsp3) is 0.174. The molecule has 250 valence electrons. The quantitative estimate of drug-likeness (QED) is 0.126. The number of hydrogen-bond acceptors (Lipinski definition) is 0. The van der Waals surface area contributed by atoms with Crippen molar-refractivity contribution in [2.45, 2.75) is 52.6 Å². The average molecular weight is 787 g/mol. The second kappa shape index (κ2) is 18.8. The molecule has 0 amide bonds. The van der Waals surface area contributed by atoms with Crippen LogP contribution in [0.25, 0.3) is 65.3 Å². The summed E-state index contributed by atoms with van der Waals surface area (Å²) in [5.41, 5.74) is 8.39. The van der Waals surface area contributed by atoms with E-state index in [1.165, 1.54) is 76.5 Å². The first kappa shape index (κ1) is 41.2. The van der Waals surface area contributed by atoms with E-state index in [0.717, 1.165) is 9.52 Å². The van der Waals surface area contributed by atoms with Gasteiger partial charge in [-0.1, -0.05) is 149 Å². The van der Waals surface area contributed by atoms with Crippen LogP contribution in [0, 0.1) is 0 Å². The van der Waals surface area contributed by atoms with Gasteiger partial charge in [-0.3, -0.25) is 0 Å². The molecule has 2 radical (unpaired) electrons. The predicted molar refractivity (Wildman–Crippen MR) is 211 cm³/mol. The molecule has 0 N–H and O–H groups in total. The molecule has 0 atom stereocenters. The fourth-order valence-corrected chi connectivity index (χ4v) is 6.89. The first-order chi connectivity index (χ1) is 22.9. The summed E-state index contributed by atoms with van der Waals surface area (Å²) in [6, 6.07) is 52.8. The van der Waals surface area contributed by atoms with E-state index in [-0.39, 0.29) is 51.0 Å². The zero-order valence-corrected chi connectivity index (χ0v) is 34.7. The summed E-state index contributed by atoms with van der Waals surface area (Å²) in [4.78, 5) is 0. The van der Waals surface area contributed by atoms with Gasteiger partial charge in [-0.15, -0.1) is 92.3 Å². The third-order valence-electron chi connectivity index (χ3n) is 9.02. The van der Waals surface area contributed by atoms with Crippen molar-refractivity contribution in [1.82, 2.24) is 0 Å². The van der Waals surface area contributed by atoms with Crippen LogP contribution in [-0.2, 0) is 26.2 Å². The second-order valence-corrected chi connectivity index (χ2v) is 14.0. The molecule has 0 nitrogen and oxygen atoms in total. The van der Waals surface area contributed by atoms with Crippen molar-refractivity contribution >= 4 is 52.6 Å². The van der Waals surface area contributed by atoms with Gasteiger partial charge < -0.3 is 24.8 Å². The van der Waals surface area contributed by atoms with Gasteiger partial charge >= 0.3 is 26.2 Å². The van der Waals surface area contributed by atoms with Crippen LogP contribution < -0.4 is 24.8 Å². The third kappa shape index (κ3) is 8.43. The standard InChI is InChI=1S/2C22H19.C2H6Si.2ClH.Zr/c2*1-15(2)21-14-17-9-4-6-12-19(17)22(21)20-13-7-10-16-8-3-5-11-18(16)20;1-3-2;;;/h2*3-15H,1-2H3;1-2H3;2*1H;/q2*-1;;;;+4/p-2. The molecule has 0 aromatic heterocycles. The Bertz CT molecular complexity index is 2100. The van der Waals surface area contributed by atoms with Gasteiger partial charge in [0.25, 0.3) is 0 Å². The zero-order chi connectivity index (χ0) is 32.9. The molecule has 0 heterocycles. The van der Waals surface area contributed by atoms with Gasteiger partial charge in [-0.25, -0.2) is 0 Å². The van der Waals surface area contributed by atoms with Gasteiger partial charge in [-0.2, -0.15) is 0 Å². The Morgan fingerprint density at radius 2 is 0.720 bits per heavy atom. The minimum absolute atomic E-state index is 0. The minimum Gasteiger partial charge on any atom is -1.00 e. The van der Waals surface area contributed by atoms with Crippen molar-refractivity contribution in [2.24, 2.45) is 0 Å². The molecule has 8 rings (SSSR count). The van der Waals surface area contributed by atoms with Crippen LogP contribution in [-0.4, -0.2) is 9.52 Å². The minimum atomic E-state index is 0. The Labute approximate surface area is 332 Å². The van der Waals surface area contributed by atoms with Crippen LogP contribution in [0.3, 0.4) is 0 Å². The monoisotopic (exact) mass is 784 g/mol. The van der Waals surface area contributed by atoms with E-state index in [2.05, 4.69) is 186 Å². The van der Waals surface area contributed by atoms with Crippen molar-refractivity contribution in [3.63, 3.8) is 0 Å². The van der Waals surface area contributed by atoms with Crippen molar-refractivity contribution in [3.8, 4) is 22.3 Å². The molecule has 8 aromatic rings. The van der Waals surface area contributed by atoms with Crippen molar-refractivity contribution in [1.29, 1.82) is 0 Å². The van der Waals surface area contributed by atoms with Gasteiger partial charge in [0.2, 0.25) is 0 Å². The molecule has 4 heteroatoms. The summed E-state index contributed by atoms with van der Waals surface area (Å²) >= 11 is 0. The smallest absolute Gasteiger partial charge is 1.00 e. The molecule has 0 fully saturated rings. The number of halogens is 2. The van der Waals surface area contributed by atoms with Crippen LogP contribution >= 0.6 is 0 Å². The van der Waals surface area contributed by atoms with Crippen LogP contribution in [0.1, 0.15) is 50.7 Å².